The Bertz CT molecular complexity index is 920. The SMILES string of the molecule is Cc1cc(C(F)(F)F)cc(O)c1-c1cc2c(nn1)N([C@H]1CC(C)(C)[C@H]1O)CC2. The summed E-state index contributed by atoms with van der Waals surface area (Å²) < 4.78 is 38.8. The predicted molar refractivity (Wildman–Crippen MR) is 98.1 cm³/mol. The van der Waals surface area contributed by atoms with Crippen molar-refractivity contribution < 1.29 is 23.4 Å². The van der Waals surface area contributed by atoms with Gasteiger partial charge in [0.15, 0.2) is 5.82 Å². The van der Waals surface area contributed by atoms with Gasteiger partial charge in [-0.15, -0.1) is 10.2 Å². The highest BCUT2D eigenvalue weighted by Crippen LogP contribution is 2.46. The first-order valence-electron chi connectivity index (χ1n) is 9.21. The van der Waals surface area contributed by atoms with Gasteiger partial charge in [0.25, 0.3) is 0 Å². The summed E-state index contributed by atoms with van der Waals surface area (Å²) in [7, 11) is 0. The molecule has 0 amide bonds. The first kappa shape index (κ1) is 19.0. The van der Waals surface area contributed by atoms with E-state index >= 15 is 0 Å². The maximum Gasteiger partial charge on any atom is 0.416 e. The molecule has 28 heavy (non-hydrogen) atoms. The number of nitrogens with zero attached hydrogens (tertiary/aromatic N) is 3. The smallest absolute Gasteiger partial charge is 0.416 e. The van der Waals surface area contributed by atoms with Gasteiger partial charge in [-0.1, -0.05) is 13.8 Å². The number of rotatable bonds is 2. The molecule has 1 saturated carbocycles. The normalized spacial score (nSPS) is 23.5. The van der Waals surface area contributed by atoms with Gasteiger partial charge in [-0.05, 0) is 48.9 Å². The monoisotopic (exact) mass is 393 g/mol. The number of alkyl halides is 3. The molecule has 0 saturated heterocycles. The van der Waals surface area contributed by atoms with Crippen LogP contribution in [0.1, 0.15) is 37.0 Å². The minimum absolute atomic E-state index is 0.00221. The van der Waals surface area contributed by atoms with E-state index in [1.807, 2.05) is 13.8 Å². The highest BCUT2D eigenvalue weighted by Gasteiger charge is 2.50. The van der Waals surface area contributed by atoms with Crippen molar-refractivity contribution in [3.05, 3.63) is 34.9 Å². The number of aryl methyl sites for hydroxylation is 1. The molecule has 1 aliphatic carbocycles. The molecule has 2 aromatic rings. The molecule has 0 radical (unpaired) electrons. The van der Waals surface area contributed by atoms with Crippen LogP contribution in [0.5, 0.6) is 5.75 Å². The molecule has 150 valence electrons. The molecule has 2 atom stereocenters. The van der Waals surface area contributed by atoms with Crippen molar-refractivity contribution in [1.29, 1.82) is 0 Å². The molecular weight excluding hydrogens is 371 g/mol. The van der Waals surface area contributed by atoms with Crippen molar-refractivity contribution in [2.45, 2.75) is 51.9 Å². The van der Waals surface area contributed by atoms with E-state index in [2.05, 4.69) is 15.1 Å². The summed E-state index contributed by atoms with van der Waals surface area (Å²) in [4.78, 5) is 2.06. The summed E-state index contributed by atoms with van der Waals surface area (Å²) in [5.74, 6) is 0.236. The van der Waals surface area contributed by atoms with E-state index in [4.69, 9.17) is 0 Å². The van der Waals surface area contributed by atoms with Gasteiger partial charge in [0.1, 0.15) is 5.75 Å². The van der Waals surface area contributed by atoms with Crippen LogP contribution in [0.4, 0.5) is 19.0 Å². The van der Waals surface area contributed by atoms with Crippen molar-refractivity contribution >= 4 is 5.82 Å². The first-order valence-corrected chi connectivity index (χ1v) is 9.21. The zero-order chi connectivity index (χ0) is 20.4. The lowest BCUT2D eigenvalue weighted by molar-refractivity contribution is -0.137. The van der Waals surface area contributed by atoms with Crippen LogP contribution in [0.25, 0.3) is 11.3 Å². The highest BCUT2D eigenvalue weighted by atomic mass is 19.4. The van der Waals surface area contributed by atoms with Crippen molar-refractivity contribution in [3.63, 3.8) is 0 Å². The molecular formula is C20H22F3N3O2. The topological polar surface area (TPSA) is 69.5 Å². The molecule has 1 fully saturated rings. The van der Waals surface area contributed by atoms with E-state index in [-0.39, 0.29) is 22.6 Å². The van der Waals surface area contributed by atoms with Crippen LogP contribution in [0.3, 0.4) is 0 Å². The van der Waals surface area contributed by atoms with E-state index in [9.17, 15) is 23.4 Å². The third-order valence-corrected chi connectivity index (χ3v) is 5.94. The maximum absolute atomic E-state index is 12.9. The number of aromatic hydroxyl groups is 1. The minimum atomic E-state index is -4.53. The summed E-state index contributed by atoms with van der Waals surface area (Å²) in [6, 6.07) is 3.49. The molecule has 2 aliphatic rings. The molecule has 0 bridgehead atoms. The fourth-order valence-corrected chi connectivity index (χ4v) is 4.32. The van der Waals surface area contributed by atoms with Crippen LogP contribution >= 0.6 is 0 Å². The number of aliphatic hydroxyl groups excluding tert-OH is 1. The van der Waals surface area contributed by atoms with Gasteiger partial charge in [-0.3, -0.25) is 0 Å². The maximum atomic E-state index is 12.9. The molecule has 0 spiro atoms. The molecule has 2 N–H and O–H groups in total. The van der Waals surface area contributed by atoms with E-state index in [0.29, 0.717) is 24.5 Å². The summed E-state index contributed by atoms with van der Waals surface area (Å²) in [5, 5.41) is 29.1. The van der Waals surface area contributed by atoms with Crippen molar-refractivity contribution in [3.8, 4) is 17.0 Å². The largest absolute Gasteiger partial charge is 0.507 e. The molecule has 1 aromatic carbocycles. The standard InChI is InChI=1S/C20H22F3N3O2/c1-10-6-12(20(21,22)23)8-15(27)16(10)13-7-11-4-5-26(18(11)25-24-13)14-9-19(2,3)17(14)28/h6-8,14,17,27-28H,4-5,9H2,1-3H3/t14-,17-/m0/s1. The van der Waals surface area contributed by atoms with Gasteiger partial charge >= 0.3 is 6.18 Å². The third-order valence-electron chi connectivity index (χ3n) is 5.94. The van der Waals surface area contributed by atoms with Crippen LogP contribution in [0.2, 0.25) is 0 Å². The molecule has 0 unspecified atom stereocenters. The number of hydrogen-bond acceptors (Lipinski definition) is 5. The van der Waals surface area contributed by atoms with Gasteiger partial charge < -0.3 is 15.1 Å². The Kier molecular flexibility index (Phi) is 4.12. The van der Waals surface area contributed by atoms with E-state index < -0.39 is 23.6 Å². The fraction of sp³-hybridized carbons (Fsp3) is 0.500. The summed E-state index contributed by atoms with van der Waals surface area (Å²) in [5.41, 5.74) is 0.788. The molecule has 5 nitrogen and oxygen atoms in total. The van der Waals surface area contributed by atoms with E-state index in [1.54, 1.807) is 6.07 Å². The number of phenols is 1. The van der Waals surface area contributed by atoms with Crippen LogP contribution in [0, 0.1) is 12.3 Å². The van der Waals surface area contributed by atoms with Crippen molar-refractivity contribution in [2.24, 2.45) is 5.41 Å². The van der Waals surface area contributed by atoms with E-state index in [1.165, 1.54) is 6.92 Å². The first-order chi connectivity index (χ1) is 13.0. The lowest BCUT2D eigenvalue weighted by Gasteiger charge is -2.52. The Hall–Kier alpha value is -2.35. The number of aliphatic hydroxyl groups is 1. The Balaban J connectivity index is 1.66. The van der Waals surface area contributed by atoms with Gasteiger partial charge in [0.2, 0.25) is 0 Å². The Labute approximate surface area is 160 Å². The Morgan fingerprint density at radius 3 is 2.46 bits per heavy atom. The molecule has 2 heterocycles. The van der Waals surface area contributed by atoms with Crippen LogP contribution < -0.4 is 4.90 Å². The quantitative estimate of drug-likeness (QED) is 0.814. The van der Waals surface area contributed by atoms with Gasteiger partial charge in [-0.2, -0.15) is 13.2 Å². The average molecular weight is 393 g/mol. The molecule has 1 aromatic heterocycles. The van der Waals surface area contributed by atoms with Crippen LogP contribution in [0.15, 0.2) is 18.2 Å². The van der Waals surface area contributed by atoms with Gasteiger partial charge in [0, 0.05) is 17.7 Å². The zero-order valence-corrected chi connectivity index (χ0v) is 15.9. The third kappa shape index (κ3) is 2.90. The summed E-state index contributed by atoms with van der Waals surface area (Å²) in [6.07, 6.45) is -3.40. The second kappa shape index (κ2) is 6.07. The molecule has 4 rings (SSSR count). The Morgan fingerprint density at radius 2 is 1.89 bits per heavy atom. The number of hydrogen-bond donors (Lipinski definition) is 2. The number of halogens is 3. The average Bonchev–Trinajstić information content (AvgIpc) is 3.01. The lowest BCUT2D eigenvalue weighted by atomic mass is 9.65. The van der Waals surface area contributed by atoms with Crippen LogP contribution in [-0.4, -0.2) is 39.1 Å². The zero-order valence-electron chi connectivity index (χ0n) is 15.9. The van der Waals surface area contributed by atoms with E-state index in [0.717, 1.165) is 24.1 Å². The number of aromatic nitrogens is 2. The highest BCUT2D eigenvalue weighted by molar-refractivity contribution is 5.73. The second-order valence-corrected chi connectivity index (χ2v) is 8.41. The molecule has 1 aliphatic heterocycles. The minimum Gasteiger partial charge on any atom is -0.507 e. The number of benzene rings is 1. The number of phenolic OH excluding ortho intramolecular Hbond substituents is 1. The van der Waals surface area contributed by atoms with Crippen LogP contribution in [-0.2, 0) is 12.6 Å². The second-order valence-electron chi connectivity index (χ2n) is 8.41. The predicted octanol–water partition coefficient (Wildman–Crippen LogP) is 3.70. The van der Waals surface area contributed by atoms with Gasteiger partial charge in [0.05, 0.1) is 23.4 Å². The van der Waals surface area contributed by atoms with Crippen molar-refractivity contribution in [1.82, 2.24) is 10.2 Å². The fourth-order valence-electron chi connectivity index (χ4n) is 4.32. The lowest BCUT2D eigenvalue weighted by Crippen LogP contribution is -2.60. The number of anilines is 1. The number of fused-ring (bicyclic) bond motifs is 1. The summed E-state index contributed by atoms with van der Waals surface area (Å²) >= 11 is 0. The van der Waals surface area contributed by atoms with Crippen molar-refractivity contribution in [2.75, 3.05) is 11.4 Å². The Morgan fingerprint density at radius 1 is 1.18 bits per heavy atom. The molecule has 8 heteroatoms. The summed E-state index contributed by atoms with van der Waals surface area (Å²) in [6.45, 7) is 6.27. The van der Waals surface area contributed by atoms with Gasteiger partial charge in [-0.25, -0.2) is 0 Å².